The summed E-state index contributed by atoms with van der Waals surface area (Å²) in [4.78, 5) is 28.9. The van der Waals surface area contributed by atoms with Gasteiger partial charge in [-0.15, -0.1) is 0 Å². The third-order valence-corrected chi connectivity index (χ3v) is 6.33. The van der Waals surface area contributed by atoms with Crippen molar-refractivity contribution < 1.29 is 9.53 Å². The summed E-state index contributed by atoms with van der Waals surface area (Å²) >= 11 is 6.13. The summed E-state index contributed by atoms with van der Waals surface area (Å²) in [5.74, 6) is 0.536. The molecule has 0 saturated heterocycles. The number of methoxy groups -OCH3 is 1. The second-order valence-corrected chi connectivity index (χ2v) is 8.60. The van der Waals surface area contributed by atoms with Gasteiger partial charge in [-0.05, 0) is 41.5 Å². The van der Waals surface area contributed by atoms with Gasteiger partial charge in [0.05, 0.1) is 24.4 Å². The molecule has 0 spiro atoms. The molecule has 170 valence electrons. The predicted octanol–water partition coefficient (Wildman–Crippen LogP) is 5.55. The topological polar surface area (TPSA) is 74.8 Å². The van der Waals surface area contributed by atoms with E-state index in [1.54, 1.807) is 19.2 Å². The molecule has 6 nitrogen and oxygen atoms in total. The first kappa shape index (κ1) is 21.9. The quantitative estimate of drug-likeness (QED) is 0.423. The molecule has 7 heteroatoms. The SMILES string of the molecule is COc1ccc(C2CC(c3c(-c4ccc(Cl)cc4)c4ccccc4[nH]c3=O)=NN2C(C)=O)cc1. The highest BCUT2D eigenvalue weighted by Crippen LogP contribution is 2.37. The first-order chi connectivity index (χ1) is 16.5. The number of ether oxygens (including phenoxy) is 1. The van der Waals surface area contributed by atoms with Crippen LogP contribution in [0.2, 0.25) is 5.02 Å². The van der Waals surface area contributed by atoms with Crippen molar-refractivity contribution in [1.29, 1.82) is 0 Å². The molecule has 4 aromatic rings. The van der Waals surface area contributed by atoms with E-state index in [1.165, 1.54) is 11.9 Å². The van der Waals surface area contributed by atoms with E-state index in [1.807, 2.05) is 60.7 Å². The fourth-order valence-corrected chi connectivity index (χ4v) is 4.60. The van der Waals surface area contributed by atoms with Gasteiger partial charge in [0.2, 0.25) is 5.91 Å². The standard InChI is InChI=1S/C27H22ClN3O3/c1-16(32)31-24(17-9-13-20(34-2)14-10-17)15-23(30-31)26-25(18-7-11-19(28)12-8-18)21-5-3-4-6-22(21)29-27(26)33/h3-14,24H,15H2,1-2H3,(H,29,33). The van der Waals surface area contributed by atoms with Crippen molar-refractivity contribution in [1.82, 2.24) is 9.99 Å². The lowest BCUT2D eigenvalue weighted by Crippen LogP contribution is -2.24. The van der Waals surface area contributed by atoms with Crippen LogP contribution in [0.5, 0.6) is 5.75 Å². The molecule has 5 rings (SSSR count). The molecule has 34 heavy (non-hydrogen) atoms. The molecule has 1 aliphatic heterocycles. The number of fused-ring (bicyclic) bond motifs is 1. The number of amides is 1. The smallest absolute Gasteiger partial charge is 0.258 e. The Labute approximate surface area is 201 Å². The normalized spacial score (nSPS) is 15.4. The molecule has 0 radical (unpaired) electrons. The van der Waals surface area contributed by atoms with Gasteiger partial charge in [-0.1, -0.05) is 54.1 Å². The van der Waals surface area contributed by atoms with Crippen LogP contribution >= 0.6 is 11.6 Å². The van der Waals surface area contributed by atoms with Gasteiger partial charge in [-0.2, -0.15) is 5.10 Å². The van der Waals surface area contributed by atoms with Gasteiger partial charge in [0.1, 0.15) is 5.75 Å². The Kier molecular flexibility index (Phi) is 5.67. The third-order valence-electron chi connectivity index (χ3n) is 6.08. The number of hydrogen-bond donors (Lipinski definition) is 1. The Morgan fingerprint density at radius 3 is 2.41 bits per heavy atom. The van der Waals surface area contributed by atoms with Crippen molar-refractivity contribution in [2.75, 3.05) is 7.11 Å². The van der Waals surface area contributed by atoms with E-state index in [4.69, 9.17) is 16.3 Å². The Morgan fingerprint density at radius 1 is 1.03 bits per heavy atom. The zero-order valence-electron chi connectivity index (χ0n) is 18.7. The minimum atomic E-state index is -0.317. The van der Waals surface area contributed by atoms with Crippen molar-refractivity contribution in [3.63, 3.8) is 0 Å². The fourth-order valence-electron chi connectivity index (χ4n) is 4.47. The monoisotopic (exact) mass is 471 g/mol. The number of para-hydroxylation sites is 1. The number of carbonyl (C=O) groups is 1. The van der Waals surface area contributed by atoms with Gasteiger partial charge in [-0.3, -0.25) is 9.59 Å². The number of aromatic amines is 1. The summed E-state index contributed by atoms with van der Waals surface area (Å²) < 4.78 is 5.26. The van der Waals surface area contributed by atoms with E-state index in [9.17, 15) is 9.59 Å². The highest BCUT2D eigenvalue weighted by atomic mass is 35.5. The van der Waals surface area contributed by atoms with Gasteiger partial charge in [-0.25, -0.2) is 5.01 Å². The molecule has 0 bridgehead atoms. The van der Waals surface area contributed by atoms with Gasteiger partial charge in [0, 0.05) is 34.8 Å². The van der Waals surface area contributed by atoms with Crippen molar-refractivity contribution in [2.24, 2.45) is 5.10 Å². The van der Waals surface area contributed by atoms with Crippen LogP contribution in [0.25, 0.3) is 22.0 Å². The summed E-state index contributed by atoms with van der Waals surface area (Å²) in [5.41, 5.74) is 4.05. The maximum atomic E-state index is 13.4. The first-order valence-corrected chi connectivity index (χ1v) is 11.3. The third kappa shape index (κ3) is 3.86. The number of H-pyrrole nitrogens is 1. The molecule has 0 fully saturated rings. The van der Waals surface area contributed by atoms with Crippen LogP contribution in [0.1, 0.15) is 30.5 Å². The average Bonchev–Trinajstić information content (AvgIpc) is 3.29. The lowest BCUT2D eigenvalue weighted by Gasteiger charge is -2.20. The molecule has 1 unspecified atom stereocenters. The number of nitrogens with zero attached hydrogens (tertiary/aromatic N) is 2. The minimum Gasteiger partial charge on any atom is -0.497 e. The summed E-state index contributed by atoms with van der Waals surface area (Å²) in [6, 6.07) is 22.3. The lowest BCUT2D eigenvalue weighted by atomic mass is 9.91. The average molecular weight is 472 g/mol. The van der Waals surface area contributed by atoms with Crippen LogP contribution in [0.15, 0.2) is 82.7 Å². The molecule has 0 aliphatic carbocycles. The zero-order chi connectivity index (χ0) is 23.8. The van der Waals surface area contributed by atoms with Gasteiger partial charge in [0.15, 0.2) is 0 Å². The number of aromatic nitrogens is 1. The molecule has 1 aliphatic rings. The summed E-state index contributed by atoms with van der Waals surface area (Å²) in [5, 5.41) is 7.61. The molecule has 1 amide bonds. The minimum absolute atomic E-state index is 0.193. The van der Waals surface area contributed by atoms with Gasteiger partial charge < -0.3 is 9.72 Å². The second kappa shape index (κ2) is 8.80. The molecular weight excluding hydrogens is 450 g/mol. The Hall–Kier alpha value is -3.90. The van der Waals surface area contributed by atoms with Crippen LogP contribution in [0.3, 0.4) is 0 Å². The predicted molar refractivity (Wildman–Crippen MR) is 134 cm³/mol. The van der Waals surface area contributed by atoms with E-state index >= 15 is 0 Å². The fraction of sp³-hybridized carbons (Fsp3) is 0.148. The van der Waals surface area contributed by atoms with E-state index in [-0.39, 0.29) is 17.5 Å². The molecular formula is C27H22ClN3O3. The number of pyridine rings is 1. The van der Waals surface area contributed by atoms with Crippen molar-refractivity contribution in [2.45, 2.75) is 19.4 Å². The van der Waals surface area contributed by atoms with Crippen molar-refractivity contribution in [3.05, 3.63) is 99.3 Å². The number of hydrazone groups is 1. The van der Waals surface area contributed by atoms with Crippen LogP contribution in [-0.4, -0.2) is 28.7 Å². The molecule has 1 atom stereocenters. The highest BCUT2D eigenvalue weighted by Gasteiger charge is 2.34. The largest absolute Gasteiger partial charge is 0.497 e. The van der Waals surface area contributed by atoms with Crippen molar-refractivity contribution in [3.8, 4) is 16.9 Å². The van der Waals surface area contributed by atoms with E-state index in [0.717, 1.165) is 33.3 Å². The van der Waals surface area contributed by atoms with Crippen LogP contribution in [0, 0.1) is 0 Å². The van der Waals surface area contributed by atoms with Gasteiger partial charge in [0.25, 0.3) is 5.56 Å². The number of rotatable bonds is 4. The maximum absolute atomic E-state index is 13.4. The zero-order valence-corrected chi connectivity index (χ0v) is 19.5. The van der Waals surface area contributed by atoms with E-state index in [0.29, 0.717) is 22.7 Å². The number of hydrogen-bond acceptors (Lipinski definition) is 4. The maximum Gasteiger partial charge on any atom is 0.258 e. The van der Waals surface area contributed by atoms with Crippen LogP contribution < -0.4 is 10.3 Å². The second-order valence-electron chi connectivity index (χ2n) is 8.16. The van der Waals surface area contributed by atoms with Crippen LogP contribution in [-0.2, 0) is 4.79 Å². The number of halogens is 1. The summed E-state index contributed by atoms with van der Waals surface area (Å²) in [6.07, 6.45) is 0.411. The lowest BCUT2D eigenvalue weighted by molar-refractivity contribution is -0.130. The number of nitrogens with one attached hydrogen (secondary N) is 1. The Morgan fingerprint density at radius 2 is 1.74 bits per heavy atom. The van der Waals surface area contributed by atoms with Crippen molar-refractivity contribution >= 4 is 34.1 Å². The molecule has 1 N–H and O–H groups in total. The number of benzene rings is 3. The highest BCUT2D eigenvalue weighted by molar-refractivity contribution is 6.30. The molecule has 3 aromatic carbocycles. The summed E-state index contributed by atoms with van der Waals surface area (Å²) in [6.45, 7) is 1.48. The Bertz CT molecular complexity index is 1470. The summed E-state index contributed by atoms with van der Waals surface area (Å²) in [7, 11) is 1.61. The number of carbonyl (C=O) groups excluding carboxylic acids is 1. The van der Waals surface area contributed by atoms with E-state index < -0.39 is 0 Å². The molecule has 2 heterocycles. The van der Waals surface area contributed by atoms with Gasteiger partial charge >= 0.3 is 0 Å². The molecule has 1 aromatic heterocycles. The Balaban J connectivity index is 1.69. The molecule has 0 saturated carbocycles. The van der Waals surface area contributed by atoms with E-state index in [2.05, 4.69) is 10.1 Å². The van der Waals surface area contributed by atoms with Crippen LogP contribution in [0.4, 0.5) is 0 Å². The first-order valence-electron chi connectivity index (χ1n) is 10.9.